The predicted octanol–water partition coefficient (Wildman–Crippen LogP) is 6.59. The van der Waals surface area contributed by atoms with Crippen molar-refractivity contribution in [3.8, 4) is 0 Å². The molecule has 4 heteroatoms. The Kier molecular flexibility index (Phi) is 22.0. The maximum absolute atomic E-state index is 5.95. The van der Waals surface area contributed by atoms with Crippen molar-refractivity contribution < 1.29 is 18.9 Å². The molecule has 0 amide bonds. The molecule has 0 aliphatic heterocycles. The Balaban J connectivity index is 3.82. The average Bonchev–Trinajstić information content (AvgIpc) is 2.65. The molecule has 0 aliphatic rings. The minimum absolute atomic E-state index is 0.0938. The second kappa shape index (κ2) is 22.5. The standard InChI is InChI=1S/C22H44O4/c1-4-7-10-13-19-25-22(26-20-14-11-8-5-2)16-12-15-18-24-21-23-17-9-6-3/h15,18,22H,4-14,16-17,19-21H2,1-3H3. The summed E-state index contributed by atoms with van der Waals surface area (Å²) in [5.41, 5.74) is 0. The first-order valence-corrected chi connectivity index (χ1v) is 10.9. The molecule has 0 heterocycles. The summed E-state index contributed by atoms with van der Waals surface area (Å²) in [5.74, 6) is 0. The van der Waals surface area contributed by atoms with Gasteiger partial charge >= 0.3 is 0 Å². The molecule has 0 unspecified atom stereocenters. The molecule has 0 saturated heterocycles. The Morgan fingerprint density at radius 1 is 0.692 bits per heavy atom. The van der Waals surface area contributed by atoms with Gasteiger partial charge in [-0.1, -0.05) is 65.7 Å². The highest BCUT2D eigenvalue weighted by Crippen LogP contribution is 2.10. The van der Waals surface area contributed by atoms with Gasteiger partial charge in [-0.3, -0.25) is 0 Å². The van der Waals surface area contributed by atoms with Crippen LogP contribution in [0.3, 0.4) is 0 Å². The Morgan fingerprint density at radius 2 is 1.31 bits per heavy atom. The largest absolute Gasteiger partial charge is 0.475 e. The second-order valence-electron chi connectivity index (χ2n) is 6.79. The van der Waals surface area contributed by atoms with Gasteiger partial charge in [0.1, 0.15) is 0 Å². The molecule has 156 valence electrons. The van der Waals surface area contributed by atoms with Gasteiger partial charge in [0.15, 0.2) is 13.1 Å². The molecule has 0 spiro atoms. The molecular weight excluding hydrogens is 328 g/mol. The average molecular weight is 373 g/mol. The molecule has 0 saturated carbocycles. The number of hydrogen-bond acceptors (Lipinski definition) is 4. The third kappa shape index (κ3) is 19.7. The zero-order chi connectivity index (χ0) is 19.1. The molecule has 26 heavy (non-hydrogen) atoms. The molecule has 0 N–H and O–H groups in total. The molecular formula is C22H44O4. The molecule has 0 fully saturated rings. The zero-order valence-corrected chi connectivity index (χ0v) is 17.7. The van der Waals surface area contributed by atoms with E-state index in [1.54, 1.807) is 6.26 Å². The van der Waals surface area contributed by atoms with E-state index in [1.807, 2.05) is 6.08 Å². The monoisotopic (exact) mass is 372 g/mol. The van der Waals surface area contributed by atoms with Crippen LogP contribution in [-0.2, 0) is 18.9 Å². The lowest BCUT2D eigenvalue weighted by molar-refractivity contribution is -0.146. The van der Waals surface area contributed by atoms with E-state index in [0.717, 1.165) is 58.3 Å². The molecule has 0 aliphatic carbocycles. The number of unbranched alkanes of at least 4 members (excludes halogenated alkanes) is 7. The van der Waals surface area contributed by atoms with Crippen molar-refractivity contribution in [1.29, 1.82) is 0 Å². The van der Waals surface area contributed by atoms with Crippen molar-refractivity contribution >= 4 is 0 Å². The van der Waals surface area contributed by atoms with Crippen LogP contribution < -0.4 is 0 Å². The van der Waals surface area contributed by atoms with Crippen molar-refractivity contribution in [1.82, 2.24) is 0 Å². The zero-order valence-electron chi connectivity index (χ0n) is 17.7. The lowest BCUT2D eigenvalue weighted by Gasteiger charge is -2.18. The van der Waals surface area contributed by atoms with Crippen LogP contribution in [0.15, 0.2) is 12.3 Å². The Hall–Kier alpha value is -0.580. The normalized spacial score (nSPS) is 11.7. The number of allylic oxidation sites excluding steroid dienone is 1. The summed E-state index contributed by atoms with van der Waals surface area (Å²) in [4.78, 5) is 0. The summed E-state index contributed by atoms with van der Waals surface area (Å²) in [6.45, 7) is 9.30. The van der Waals surface area contributed by atoms with Crippen molar-refractivity contribution in [3.05, 3.63) is 12.3 Å². The van der Waals surface area contributed by atoms with E-state index in [9.17, 15) is 0 Å². The third-order valence-corrected chi connectivity index (χ3v) is 4.16. The fourth-order valence-electron chi connectivity index (χ4n) is 2.46. The highest BCUT2D eigenvalue weighted by atomic mass is 16.7. The maximum atomic E-state index is 5.95. The Labute approximate surface area is 162 Å². The first-order chi connectivity index (χ1) is 12.8. The SMILES string of the molecule is CCCCCCOC(CCC=COCOCCCC)OCCCCCC. The molecule has 0 aromatic carbocycles. The topological polar surface area (TPSA) is 36.9 Å². The fourth-order valence-corrected chi connectivity index (χ4v) is 2.46. The smallest absolute Gasteiger partial charge is 0.188 e. The summed E-state index contributed by atoms with van der Waals surface area (Å²) in [6.07, 6.45) is 17.5. The number of ether oxygens (including phenoxy) is 4. The minimum Gasteiger partial charge on any atom is -0.475 e. The van der Waals surface area contributed by atoms with Gasteiger partial charge in [0, 0.05) is 19.6 Å². The minimum atomic E-state index is -0.0938. The summed E-state index contributed by atoms with van der Waals surface area (Å²) in [7, 11) is 0. The molecule has 0 aromatic heterocycles. The molecule has 0 bridgehead atoms. The highest BCUT2D eigenvalue weighted by molar-refractivity contribution is 4.73. The molecule has 4 nitrogen and oxygen atoms in total. The Bertz CT molecular complexity index is 267. The van der Waals surface area contributed by atoms with E-state index >= 15 is 0 Å². The van der Waals surface area contributed by atoms with Crippen LogP contribution in [0, 0.1) is 0 Å². The van der Waals surface area contributed by atoms with E-state index in [-0.39, 0.29) is 6.29 Å². The summed E-state index contributed by atoms with van der Waals surface area (Å²) >= 11 is 0. The molecule has 0 rings (SSSR count). The van der Waals surface area contributed by atoms with Crippen molar-refractivity contribution in [3.63, 3.8) is 0 Å². The van der Waals surface area contributed by atoms with Crippen LogP contribution in [-0.4, -0.2) is 32.9 Å². The van der Waals surface area contributed by atoms with Crippen molar-refractivity contribution in [2.24, 2.45) is 0 Å². The van der Waals surface area contributed by atoms with Gasteiger partial charge in [-0.25, -0.2) is 0 Å². The van der Waals surface area contributed by atoms with Crippen LogP contribution >= 0.6 is 0 Å². The van der Waals surface area contributed by atoms with Crippen molar-refractivity contribution in [2.45, 2.75) is 104 Å². The van der Waals surface area contributed by atoms with Gasteiger partial charge in [0.05, 0.1) is 12.9 Å². The van der Waals surface area contributed by atoms with E-state index in [4.69, 9.17) is 18.9 Å². The van der Waals surface area contributed by atoms with Crippen LogP contribution in [0.25, 0.3) is 0 Å². The van der Waals surface area contributed by atoms with Gasteiger partial charge in [0.25, 0.3) is 0 Å². The maximum Gasteiger partial charge on any atom is 0.188 e. The van der Waals surface area contributed by atoms with Crippen LogP contribution in [0.5, 0.6) is 0 Å². The van der Waals surface area contributed by atoms with E-state index in [2.05, 4.69) is 20.8 Å². The molecule has 0 radical (unpaired) electrons. The highest BCUT2D eigenvalue weighted by Gasteiger charge is 2.08. The van der Waals surface area contributed by atoms with Gasteiger partial charge < -0.3 is 18.9 Å². The third-order valence-electron chi connectivity index (χ3n) is 4.16. The summed E-state index contributed by atoms with van der Waals surface area (Å²) in [6, 6.07) is 0. The quantitative estimate of drug-likeness (QED) is 0.129. The summed E-state index contributed by atoms with van der Waals surface area (Å²) in [5, 5.41) is 0. The first kappa shape index (κ1) is 25.4. The molecule has 0 aromatic rings. The van der Waals surface area contributed by atoms with Crippen LogP contribution in [0.2, 0.25) is 0 Å². The second-order valence-corrected chi connectivity index (χ2v) is 6.79. The predicted molar refractivity (Wildman–Crippen MR) is 109 cm³/mol. The van der Waals surface area contributed by atoms with Crippen LogP contribution in [0.4, 0.5) is 0 Å². The Morgan fingerprint density at radius 3 is 1.88 bits per heavy atom. The lowest BCUT2D eigenvalue weighted by atomic mass is 10.2. The van der Waals surface area contributed by atoms with Crippen molar-refractivity contribution in [2.75, 3.05) is 26.6 Å². The van der Waals surface area contributed by atoms with Gasteiger partial charge in [0.2, 0.25) is 0 Å². The summed E-state index contributed by atoms with van der Waals surface area (Å²) < 4.78 is 22.6. The number of hydrogen-bond donors (Lipinski definition) is 0. The van der Waals surface area contributed by atoms with Gasteiger partial charge in [-0.2, -0.15) is 0 Å². The molecule has 0 atom stereocenters. The van der Waals surface area contributed by atoms with Gasteiger partial charge in [-0.15, -0.1) is 0 Å². The van der Waals surface area contributed by atoms with E-state index in [0.29, 0.717) is 6.79 Å². The van der Waals surface area contributed by atoms with E-state index in [1.165, 1.54) is 38.5 Å². The lowest BCUT2D eigenvalue weighted by Crippen LogP contribution is -2.18. The fraction of sp³-hybridized carbons (Fsp3) is 0.909. The van der Waals surface area contributed by atoms with Gasteiger partial charge in [-0.05, 0) is 31.8 Å². The first-order valence-electron chi connectivity index (χ1n) is 10.9. The number of rotatable bonds is 21. The van der Waals surface area contributed by atoms with Crippen LogP contribution in [0.1, 0.15) is 97.8 Å². The van der Waals surface area contributed by atoms with E-state index < -0.39 is 0 Å².